The molecule has 2 aliphatic heterocycles. The molecule has 19 heavy (non-hydrogen) atoms. The van der Waals surface area contributed by atoms with Crippen molar-refractivity contribution >= 4 is 5.97 Å². The molecule has 1 aliphatic carbocycles. The summed E-state index contributed by atoms with van der Waals surface area (Å²) in [5.41, 5.74) is 0. The van der Waals surface area contributed by atoms with E-state index in [1.807, 2.05) is 0 Å². The van der Waals surface area contributed by atoms with Crippen LogP contribution in [0.25, 0.3) is 0 Å². The van der Waals surface area contributed by atoms with Crippen molar-refractivity contribution in [1.82, 2.24) is 4.90 Å². The second-order valence-electron chi connectivity index (χ2n) is 6.39. The molecule has 0 aromatic heterocycles. The van der Waals surface area contributed by atoms with Gasteiger partial charge in [-0.15, -0.1) is 0 Å². The lowest BCUT2D eigenvalue weighted by atomic mass is 9.84. The molecule has 4 atom stereocenters. The minimum atomic E-state index is -0.634. The second kappa shape index (κ2) is 5.80. The number of likely N-dealkylation sites (tertiary alicyclic amines) is 1. The summed E-state index contributed by atoms with van der Waals surface area (Å²) in [6.45, 7) is 1.68. The number of carboxylic acids is 1. The fourth-order valence-electron chi connectivity index (χ4n) is 4.24. The average molecular weight is 267 g/mol. The largest absolute Gasteiger partial charge is 0.480 e. The zero-order chi connectivity index (χ0) is 13.2. The van der Waals surface area contributed by atoms with E-state index in [4.69, 9.17) is 4.74 Å². The summed E-state index contributed by atoms with van der Waals surface area (Å²) in [5, 5.41) is 9.48. The Labute approximate surface area is 115 Å². The third-order valence-electron chi connectivity index (χ3n) is 5.19. The maximum absolute atomic E-state index is 11.5. The van der Waals surface area contributed by atoms with E-state index in [9.17, 15) is 9.90 Å². The molecule has 2 heterocycles. The maximum Gasteiger partial charge on any atom is 0.320 e. The Morgan fingerprint density at radius 3 is 2.68 bits per heavy atom. The minimum absolute atomic E-state index is 0.260. The van der Waals surface area contributed by atoms with Gasteiger partial charge in [0.1, 0.15) is 6.04 Å². The summed E-state index contributed by atoms with van der Waals surface area (Å²) in [5.74, 6) is -0.0244. The van der Waals surface area contributed by atoms with Crippen LogP contribution in [0.1, 0.15) is 51.4 Å². The van der Waals surface area contributed by atoms with E-state index < -0.39 is 5.97 Å². The Hall–Kier alpha value is -0.610. The predicted molar refractivity (Wildman–Crippen MR) is 72.1 cm³/mol. The summed E-state index contributed by atoms with van der Waals surface area (Å²) in [6, 6.07) is 0.235. The van der Waals surface area contributed by atoms with E-state index >= 15 is 0 Å². The van der Waals surface area contributed by atoms with E-state index in [0.717, 1.165) is 32.4 Å². The van der Waals surface area contributed by atoms with Crippen molar-refractivity contribution in [1.29, 1.82) is 0 Å². The number of fused-ring (bicyclic) bond motifs is 1. The van der Waals surface area contributed by atoms with Gasteiger partial charge in [-0.05, 0) is 44.4 Å². The lowest BCUT2D eigenvalue weighted by Crippen LogP contribution is -2.47. The van der Waals surface area contributed by atoms with Crippen molar-refractivity contribution in [2.45, 2.75) is 69.6 Å². The van der Waals surface area contributed by atoms with Crippen molar-refractivity contribution in [2.75, 3.05) is 13.2 Å². The van der Waals surface area contributed by atoms with Gasteiger partial charge in [0.25, 0.3) is 0 Å². The minimum Gasteiger partial charge on any atom is -0.480 e. The molecule has 4 nitrogen and oxygen atoms in total. The van der Waals surface area contributed by atoms with Crippen LogP contribution in [0.5, 0.6) is 0 Å². The molecule has 0 radical (unpaired) electrons. The number of rotatable bonds is 3. The number of hydrogen-bond acceptors (Lipinski definition) is 3. The van der Waals surface area contributed by atoms with Gasteiger partial charge in [0.2, 0.25) is 0 Å². The second-order valence-corrected chi connectivity index (χ2v) is 6.39. The number of carboxylic acid groups (broad SMARTS) is 1. The van der Waals surface area contributed by atoms with Gasteiger partial charge in [-0.2, -0.15) is 0 Å². The fourth-order valence-corrected chi connectivity index (χ4v) is 4.24. The first-order valence-electron chi connectivity index (χ1n) is 7.86. The summed E-state index contributed by atoms with van der Waals surface area (Å²) in [6.07, 6.45) is 9.53. The lowest BCUT2D eigenvalue weighted by Gasteiger charge is -2.36. The van der Waals surface area contributed by atoms with E-state index in [1.165, 1.54) is 32.1 Å². The predicted octanol–water partition coefficient (Wildman–Crippen LogP) is 2.27. The van der Waals surface area contributed by atoms with Gasteiger partial charge in [-0.1, -0.05) is 12.8 Å². The molecule has 0 amide bonds. The van der Waals surface area contributed by atoms with Gasteiger partial charge >= 0.3 is 5.97 Å². The highest BCUT2D eigenvalue weighted by Gasteiger charge is 2.45. The Morgan fingerprint density at radius 1 is 1.16 bits per heavy atom. The van der Waals surface area contributed by atoms with Crippen molar-refractivity contribution < 1.29 is 14.6 Å². The van der Waals surface area contributed by atoms with Crippen LogP contribution in [0.2, 0.25) is 0 Å². The Kier molecular flexibility index (Phi) is 4.08. The first kappa shape index (κ1) is 13.4. The molecule has 3 aliphatic rings. The van der Waals surface area contributed by atoms with E-state index in [-0.39, 0.29) is 12.1 Å². The smallest absolute Gasteiger partial charge is 0.320 e. The highest BCUT2D eigenvalue weighted by atomic mass is 16.5. The number of ether oxygens (including phenoxy) is 1. The molecule has 0 aromatic carbocycles. The molecule has 1 saturated carbocycles. The molecular weight excluding hydrogens is 242 g/mol. The van der Waals surface area contributed by atoms with E-state index in [1.54, 1.807) is 0 Å². The van der Waals surface area contributed by atoms with Crippen LogP contribution < -0.4 is 0 Å². The first-order valence-corrected chi connectivity index (χ1v) is 7.86. The van der Waals surface area contributed by atoms with Crippen LogP contribution in [0.3, 0.4) is 0 Å². The van der Waals surface area contributed by atoms with Gasteiger partial charge < -0.3 is 9.84 Å². The molecule has 108 valence electrons. The van der Waals surface area contributed by atoms with Crippen LogP contribution in [0.4, 0.5) is 0 Å². The Balaban J connectivity index is 1.69. The zero-order valence-corrected chi connectivity index (χ0v) is 11.6. The van der Waals surface area contributed by atoms with Crippen LogP contribution in [-0.2, 0) is 9.53 Å². The number of carbonyl (C=O) groups is 1. The summed E-state index contributed by atoms with van der Waals surface area (Å²) < 4.78 is 5.81. The molecule has 1 N–H and O–H groups in total. The molecule has 0 aromatic rings. The standard InChI is InChI=1S/C15H25NO3/c17-15(18)14-9-11-5-1-2-7-13(11)16(14)10-12-6-3-4-8-19-12/h11-14H,1-10H2,(H,17,18). The van der Waals surface area contributed by atoms with Crippen molar-refractivity contribution in [2.24, 2.45) is 5.92 Å². The number of hydrogen-bond donors (Lipinski definition) is 1. The van der Waals surface area contributed by atoms with E-state index in [2.05, 4.69) is 4.90 Å². The SMILES string of the molecule is O=C(O)C1CC2CCCCC2N1CC1CCCCO1. The number of nitrogens with zero attached hydrogens (tertiary/aromatic N) is 1. The van der Waals surface area contributed by atoms with Crippen LogP contribution in [0.15, 0.2) is 0 Å². The van der Waals surface area contributed by atoms with Gasteiger partial charge in [0.05, 0.1) is 6.10 Å². The fraction of sp³-hybridized carbons (Fsp3) is 0.933. The van der Waals surface area contributed by atoms with Crippen LogP contribution in [0, 0.1) is 5.92 Å². The molecule has 2 saturated heterocycles. The third-order valence-corrected chi connectivity index (χ3v) is 5.19. The van der Waals surface area contributed by atoms with Crippen LogP contribution >= 0.6 is 0 Å². The maximum atomic E-state index is 11.5. The normalized spacial score (nSPS) is 40.0. The molecular formula is C15H25NO3. The molecule has 0 spiro atoms. The molecule has 3 fully saturated rings. The van der Waals surface area contributed by atoms with Gasteiger partial charge in [0, 0.05) is 19.2 Å². The van der Waals surface area contributed by atoms with Crippen molar-refractivity contribution in [3.8, 4) is 0 Å². The highest BCUT2D eigenvalue weighted by molar-refractivity contribution is 5.74. The van der Waals surface area contributed by atoms with Crippen LogP contribution in [-0.4, -0.2) is 47.3 Å². The van der Waals surface area contributed by atoms with E-state index in [0.29, 0.717) is 12.0 Å². The first-order chi connectivity index (χ1) is 9.25. The molecule has 4 heteroatoms. The lowest BCUT2D eigenvalue weighted by molar-refractivity contribution is -0.143. The number of aliphatic carboxylic acids is 1. The molecule has 4 unspecified atom stereocenters. The topological polar surface area (TPSA) is 49.8 Å². The van der Waals surface area contributed by atoms with Gasteiger partial charge in [-0.3, -0.25) is 9.69 Å². The Bertz CT molecular complexity index is 327. The van der Waals surface area contributed by atoms with Crippen molar-refractivity contribution in [3.63, 3.8) is 0 Å². The highest BCUT2D eigenvalue weighted by Crippen LogP contribution is 2.40. The monoisotopic (exact) mass is 267 g/mol. The molecule has 3 rings (SSSR count). The van der Waals surface area contributed by atoms with Crippen molar-refractivity contribution in [3.05, 3.63) is 0 Å². The third kappa shape index (κ3) is 2.79. The average Bonchev–Trinajstić information content (AvgIpc) is 2.79. The Morgan fingerprint density at radius 2 is 1.95 bits per heavy atom. The zero-order valence-electron chi connectivity index (χ0n) is 11.6. The summed E-state index contributed by atoms with van der Waals surface area (Å²) in [4.78, 5) is 13.8. The quantitative estimate of drug-likeness (QED) is 0.852. The van der Waals surface area contributed by atoms with Gasteiger partial charge in [-0.25, -0.2) is 0 Å². The summed E-state index contributed by atoms with van der Waals surface area (Å²) in [7, 11) is 0. The summed E-state index contributed by atoms with van der Waals surface area (Å²) >= 11 is 0. The van der Waals surface area contributed by atoms with Gasteiger partial charge in [0.15, 0.2) is 0 Å². The molecule has 0 bridgehead atoms.